The van der Waals surface area contributed by atoms with Gasteiger partial charge in [-0.15, -0.1) is 11.3 Å². The average Bonchev–Trinajstić information content (AvgIpc) is 2.79. The van der Waals surface area contributed by atoms with Gasteiger partial charge in [0.15, 0.2) is 0 Å². The van der Waals surface area contributed by atoms with Gasteiger partial charge in [0.25, 0.3) is 0 Å². The fraction of sp³-hybridized carbons (Fsp3) is 0.308. The number of nitrogens with zero attached hydrogens (tertiary/aromatic N) is 1. The lowest BCUT2D eigenvalue weighted by Crippen LogP contribution is -2.15. The van der Waals surface area contributed by atoms with Crippen LogP contribution >= 0.6 is 27.3 Å². The molecule has 0 aliphatic carbocycles. The third kappa shape index (κ3) is 3.37. The number of rotatable bonds is 5. The Morgan fingerprint density at radius 1 is 1.35 bits per heavy atom. The van der Waals surface area contributed by atoms with Crippen LogP contribution in [0.4, 0.5) is 0 Å². The molecule has 1 aromatic carbocycles. The highest BCUT2D eigenvalue weighted by molar-refractivity contribution is 9.10. The lowest BCUT2D eigenvalue weighted by atomic mass is 10.2. The van der Waals surface area contributed by atoms with Crippen LogP contribution in [-0.4, -0.2) is 18.1 Å². The number of likely N-dealkylation sites (N-methyl/N-ethyl adjacent to an activating group) is 1. The first-order valence-corrected chi connectivity index (χ1v) is 7.38. The van der Waals surface area contributed by atoms with Crippen molar-refractivity contribution in [3.63, 3.8) is 0 Å². The molecule has 0 bridgehead atoms. The molecule has 2 rings (SSSR count). The molecule has 1 heterocycles. The molecule has 17 heavy (non-hydrogen) atoms. The summed E-state index contributed by atoms with van der Waals surface area (Å²) < 4.78 is 1.10. The molecule has 0 spiro atoms. The largest absolute Gasteiger partial charge is 0.317 e. The van der Waals surface area contributed by atoms with Crippen LogP contribution in [0, 0.1) is 0 Å². The van der Waals surface area contributed by atoms with Gasteiger partial charge in [0, 0.05) is 28.4 Å². The Morgan fingerprint density at radius 3 is 2.94 bits per heavy atom. The molecular weight excluding hydrogens is 296 g/mol. The molecule has 0 amide bonds. The minimum atomic E-state index is 0.999. The number of benzene rings is 1. The zero-order valence-electron chi connectivity index (χ0n) is 9.74. The standard InChI is InChI=1S/C13H15BrN2S/c1-2-15-8-7-13-16-12(9-17-13)10-5-3-4-6-11(10)14/h3-6,9,15H,2,7-8H2,1H3. The van der Waals surface area contributed by atoms with Crippen molar-refractivity contribution in [2.45, 2.75) is 13.3 Å². The number of thiazole rings is 1. The Labute approximate surface area is 114 Å². The zero-order chi connectivity index (χ0) is 12.1. The Morgan fingerprint density at radius 2 is 2.18 bits per heavy atom. The van der Waals surface area contributed by atoms with Gasteiger partial charge >= 0.3 is 0 Å². The van der Waals surface area contributed by atoms with Crippen LogP contribution in [0.5, 0.6) is 0 Å². The van der Waals surface area contributed by atoms with Crippen LogP contribution < -0.4 is 5.32 Å². The van der Waals surface area contributed by atoms with E-state index >= 15 is 0 Å². The van der Waals surface area contributed by atoms with Crippen LogP contribution in [0.15, 0.2) is 34.1 Å². The first-order valence-electron chi connectivity index (χ1n) is 5.71. The van der Waals surface area contributed by atoms with Gasteiger partial charge in [-0.25, -0.2) is 4.98 Å². The van der Waals surface area contributed by atoms with Crippen molar-refractivity contribution in [2.75, 3.05) is 13.1 Å². The average molecular weight is 311 g/mol. The van der Waals surface area contributed by atoms with E-state index in [2.05, 4.69) is 44.6 Å². The third-order valence-electron chi connectivity index (χ3n) is 2.47. The molecule has 1 N–H and O–H groups in total. The number of halogens is 1. The van der Waals surface area contributed by atoms with Gasteiger partial charge in [-0.3, -0.25) is 0 Å². The third-order valence-corrected chi connectivity index (χ3v) is 4.07. The van der Waals surface area contributed by atoms with Crippen LogP contribution in [-0.2, 0) is 6.42 Å². The van der Waals surface area contributed by atoms with Crippen molar-refractivity contribution < 1.29 is 0 Å². The van der Waals surface area contributed by atoms with Crippen molar-refractivity contribution in [1.29, 1.82) is 0 Å². The predicted molar refractivity (Wildman–Crippen MR) is 77.5 cm³/mol. The van der Waals surface area contributed by atoms with Gasteiger partial charge < -0.3 is 5.32 Å². The second-order valence-corrected chi connectivity index (χ2v) is 5.51. The molecule has 0 aliphatic rings. The first-order chi connectivity index (χ1) is 8.31. The number of aromatic nitrogens is 1. The minimum absolute atomic E-state index is 0.999. The molecule has 0 fully saturated rings. The van der Waals surface area contributed by atoms with Gasteiger partial charge in [0.05, 0.1) is 10.7 Å². The number of nitrogens with one attached hydrogen (secondary N) is 1. The first kappa shape index (κ1) is 12.7. The van der Waals surface area contributed by atoms with E-state index in [1.165, 1.54) is 10.6 Å². The van der Waals surface area contributed by atoms with Gasteiger partial charge in [0.1, 0.15) is 0 Å². The van der Waals surface area contributed by atoms with Gasteiger partial charge in [-0.05, 0) is 12.6 Å². The molecule has 0 aliphatic heterocycles. The monoisotopic (exact) mass is 310 g/mol. The molecule has 2 aromatic rings. The minimum Gasteiger partial charge on any atom is -0.317 e. The molecule has 4 heteroatoms. The fourth-order valence-corrected chi connectivity index (χ4v) is 2.88. The zero-order valence-corrected chi connectivity index (χ0v) is 12.1. The summed E-state index contributed by atoms with van der Waals surface area (Å²) in [6, 6.07) is 8.20. The summed E-state index contributed by atoms with van der Waals surface area (Å²) in [6.07, 6.45) is 1.00. The van der Waals surface area contributed by atoms with Crippen molar-refractivity contribution >= 4 is 27.3 Å². The SMILES string of the molecule is CCNCCc1nc(-c2ccccc2Br)cs1. The summed E-state index contributed by atoms with van der Waals surface area (Å²) in [5, 5.41) is 6.63. The molecule has 90 valence electrons. The Bertz CT molecular complexity index is 482. The van der Waals surface area contributed by atoms with E-state index in [9.17, 15) is 0 Å². The Kier molecular flexibility index (Phi) is 4.71. The van der Waals surface area contributed by atoms with Crippen LogP contribution in [0.25, 0.3) is 11.3 Å². The molecule has 0 radical (unpaired) electrons. The maximum absolute atomic E-state index is 4.66. The fourth-order valence-electron chi connectivity index (χ4n) is 1.59. The maximum atomic E-state index is 4.66. The van der Waals surface area contributed by atoms with E-state index in [1.54, 1.807) is 11.3 Å². The second kappa shape index (κ2) is 6.28. The predicted octanol–water partition coefficient (Wildman–Crippen LogP) is 3.72. The van der Waals surface area contributed by atoms with Gasteiger partial charge in [-0.2, -0.15) is 0 Å². The van der Waals surface area contributed by atoms with Crippen LogP contribution in [0.2, 0.25) is 0 Å². The van der Waals surface area contributed by atoms with E-state index in [1.807, 2.05) is 18.2 Å². The number of hydrogen-bond acceptors (Lipinski definition) is 3. The molecule has 0 unspecified atom stereocenters. The normalized spacial score (nSPS) is 10.7. The molecule has 1 aromatic heterocycles. The smallest absolute Gasteiger partial charge is 0.0945 e. The Hall–Kier alpha value is -0.710. The van der Waals surface area contributed by atoms with Crippen molar-refractivity contribution in [1.82, 2.24) is 10.3 Å². The quantitative estimate of drug-likeness (QED) is 0.851. The highest BCUT2D eigenvalue weighted by Crippen LogP contribution is 2.28. The van der Waals surface area contributed by atoms with Gasteiger partial charge in [-0.1, -0.05) is 41.1 Å². The molecule has 0 atom stereocenters. The summed E-state index contributed by atoms with van der Waals surface area (Å²) in [6.45, 7) is 4.14. The topological polar surface area (TPSA) is 24.9 Å². The summed E-state index contributed by atoms with van der Waals surface area (Å²) in [5.74, 6) is 0. The van der Waals surface area contributed by atoms with E-state index in [0.29, 0.717) is 0 Å². The lowest BCUT2D eigenvalue weighted by Gasteiger charge is -2.00. The highest BCUT2D eigenvalue weighted by Gasteiger charge is 2.06. The van der Waals surface area contributed by atoms with Crippen molar-refractivity contribution in [3.8, 4) is 11.3 Å². The lowest BCUT2D eigenvalue weighted by molar-refractivity contribution is 0.714. The van der Waals surface area contributed by atoms with Crippen LogP contribution in [0.3, 0.4) is 0 Å². The van der Waals surface area contributed by atoms with E-state index in [0.717, 1.165) is 29.7 Å². The summed E-state index contributed by atoms with van der Waals surface area (Å²) >= 11 is 5.29. The molecular formula is C13H15BrN2S. The van der Waals surface area contributed by atoms with Crippen LogP contribution in [0.1, 0.15) is 11.9 Å². The van der Waals surface area contributed by atoms with E-state index in [4.69, 9.17) is 0 Å². The Balaban J connectivity index is 2.10. The maximum Gasteiger partial charge on any atom is 0.0945 e. The van der Waals surface area contributed by atoms with Crippen molar-refractivity contribution in [3.05, 3.63) is 39.1 Å². The molecule has 0 saturated heterocycles. The van der Waals surface area contributed by atoms with E-state index in [-0.39, 0.29) is 0 Å². The van der Waals surface area contributed by atoms with Crippen molar-refractivity contribution in [2.24, 2.45) is 0 Å². The summed E-state index contributed by atoms with van der Waals surface area (Å²) in [5.41, 5.74) is 2.23. The highest BCUT2D eigenvalue weighted by atomic mass is 79.9. The second-order valence-electron chi connectivity index (χ2n) is 3.71. The van der Waals surface area contributed by atoms with Gasteiger partial charge in [0.2, 0.25) is 0 Å². The summed E-state index contributed by atoms with van der Waals surface area (Å²) in [7, 11) is 0. The van der Waals surface area contributed by atoms with E-state index < -0.39 is 0 Å². The number of hydrogen-bond donors (Lipinski definition) is 1. The molecule has 0 saturated carbocycles. The summed E-state index contributed by atoms with van der Waals surface area (Å²) in [4.78, 5) is 4.66. The molecule has 2 nitrogen and oxygen atoms in total.